The number of nitrogens with two attached hydrogens (primary N) is 1. The molecule has 0 saturated carbocycles. The number of nitriles is 1. The molecule has 0 bridgehead atoms. The number of benzene rings is 2. The van der Waals surface area contributed by atoms with Gasteiger partial charge in [-0.15, -0.1) is 0 Å². The van der Waals surface area contributed by atoms with Gasteiger partial charge >= 0.3 is 0 Å². The number of rotatable bonds is 13. The van der Waals surface area contributed by atoms with Crippen molar-refractivity contribution in [3.05, 3.63) is 86.7 Å². The Bertz CT molecular complexity index is 1440. The van der Waals surface area contributed by atoms with Crippen LogP contribution >= 0.6 is 23.2 Å². The zero-order valence-corrected chi connectivity index (χ0v) is 28.3. The van der Waals surface area contributed by atoms with E-state index in [-0.39, 0.29) is 27.5 Å². The molecule has 3 rings (SSSR count). The van der Waals surface area contributed by atoms with E-state index in [1.54, 1.807) is 31.2 Å². The fourth-order valence-corrected chi connectivity index (χ4v) is 5.48. The van der Waals surface area contributed by atoms with Crippen molar-refractivity contribution in [3.63, 3.8) is 0 Å². The van der Waals surface area contributed by atoms with E-state index in [4.69, 9.17) is 43.8 Å². The van der Waals surface area contributed by atoms with Gasteiger partial charge in [-0.1, -0.05) is 63.6 Å². The normalized spacial score (nSPS) is 16.6. The molecule has 0 spiro atoms. The molecule has 0 amide bonds. The maximum Gasteiger partial charge on any atom is 0.140 e. The van der Waals surface area contributed by atoms with E-state index < -0.39 is 11.9 Å². The molecule has 1 fully saturated rings. The van der Waals surface area contributed by atoms with Gasteiger partial charge in [-0.2, -0.15) is 5.26 Å². The molecule has 4 N–H and O–H groups in total. The molecule has 0 radical (unpaired) electrons. The molecule has 44 heavy (non-hydrogen) atoms. The van der Waals surface area contributed by atoms with Crippen molar-refractivity contribution >= 4 is 34.6 Å². The number of anilines is 1. The summed E-state index contributed by atoms with van der Waals surface area (Å²) in [5, 5.41) is 22.5. The lowest BCUT2D eigenvalue weighted by Gasteiger charge is -2.32. The molecular weight excluding hydrogens is 598 g/mol. The van der Waals surface area contributed by atoms with Gasteiger partial charge < -0.3 is 20.5 Å². The lowest BCUT2D eigenvalue weighted by atomic mass is 9.94. The largest absolute Gasteiger partial charge is 0.489 e. The van der Waals surface area contributed by atoms with E-state index in [1.807, 2.05) is 26.8 Å². The summed E-state index contributed by atoms with van der Waals surface area (Å²) in [7, 11) is 0. The summed E-state index contributed by atoms with van der Waals surface area (Å²) in [5.74, 6) is 0.764. The minimum atomic E-state index is -0.739. The first-order valence-electron chi connectivity index (χ1n) is 15.0. The molecule has 2 aromatic carbocycles. The average Bonchev–Trinajstić information content (AvgIpc) is 2.96. The number of nitrogens with zero attached hydrogens (tertiary/aromatic N) is 1. The maximum atomic E-state index is 14.0. The Balaban J connectivity index is 0.00000330. The Morgan fingerprint density at radius 1 is 1.23 bits per heavy atom. The van der Waals surface area contributed by atoms with E-state index >= 15 is 0 Å². The van der Waals surface area contributed by atoms with Crippen LogP contribution in [-0.2, 0) is 0 Å². The number of nitrogens with one attached hydrogen (secondary N) is 2. The standard InChI is InChI=1S/C33H39Cl2FN4O2.C2H6/c1-7-28(34)30(31(35)20(5)36)21(6)41-25-8-9-29(38)27(16-25)32(39)22-13-19(4)33(23(14-22)17-37)42-26(12-18(2)3)15-24-10-11-40-24;1-2/h7-9,13-14,16,18,21,24,26,39-40H,1,10-12,15,38H2,2-6H3;1-2H3/b30-28+,31-20-,39-32?;/t21-,24?,26?;/m1./s1. The number of hydrogen-bond acceptors (Lipinski definition) is 6. The van der Waals surface area contributed by atoms with Gasteiger partial charge in [0.05, 0.1) is 16.3 Å². The van der Waals surface area contributed by atoms with Gasteiger partial charge in [0.15, 0.2) is 0 Å². The SMILES string of the molecule is C=C/C(Cl)=C(\C(Cl)=C(/C)F)[C@@H](C)Oc1ccc(N)c(C(=N)c2cc(C)c(OC(CC(C)C)CC3CCN3)c(C#N)c2)c1.CC. The topological polar surface area (TPSA) is 104 Å². The number of allylic oxidation sites excluding steroid dienone is 3. The molecule has 1 heterocycles. The molecule has 238 valence electrons. The van der Waals surface area contributed by atoms with Crippen LogP contribution in [0, 0.1) is 29.6 Å². The van der Waals surface area contributed by atoms with Crippen LogP contribution < -0.4 is 20.5 Å². The first kappa shape index (κ1) is 36.9. The van der Waals surface area contributed by atoms with Crippen molar-refractivity contribution in [2.45, 2.75) is 86.0 Å². The Hall–Kier alpha value is -3.31. The smallest absolute Gasteiger partial charge is 0.140 e. The average molecular weight is 644 g/mol. The summed E-state index contributed by atoms with van der Waals surface area (Å²) in [5.41, 5.74) is 9.06. The van der Waals surface area contributed by atoms with Crippen molar-refractivity contribution < 1.29 is 13.9 Å². The van der Waals surface area contributed by atoms with Gasteiger partial charge in [-0.05, 0) is 88.4 Å². The second-order valence-electron chi connectivity index (χ2n) is 11.0. The number of hydrogen-bond donors (Lipinski definition) is 3. The number of nitrogen functional groups attached to an aromatic ring is 1. The third-order valence-corrected chi connectivity index (χ3v) is 7.99. The summed E-state index contributed by atoms with van der Waals surface area (Å²) >= 11 is 12.5. The Morgan fingerprint density at radius 3 is 2.41 bits per heavy atom. The highest BCUT2D eigenvalue weighted by Gasteiger charge is 2.26. The van der Waals surface area contributed by atoms with Crippen LogP contribution in [0.2, 0.25) is 0 Å². The number of halogens is 3. The van der Waals surface area contributed by atoms with Crippen molar-refractivity contribution in [1.29, 1.82) is 10.7 Å². The molecular formula is C35H45Cl2FN4O2. The van der Waals surface area contributed by atoms with Crippen molar-refractivity contribution in [3.8, 4) is 17.6 Å². The summed E-state index contributed by atoms with van der Waals surface area (Å²) in [6.07, 6.45) is 3.48. The highest BCUT2D eigenvalue weighted by atomic mass is 35.5. The summed E-state index contributed by atoms with van der Waals surface area (Å²) in [6, 6.07) is 11.1. The predicted octanol–water partition coefficient (Wildman–Crippen LogP) is 9.32. The molecule has 1 saturated heterocycles. The van der Waals surface area contributed by atoms with Gasteiger partial charge in [0, 0.05) is 33.5 Å². The second kappa shape index (κ2) is 17.2. The zero-order chi connectivity index (χ0) is 33.1. The predicted molar refractivity (Wildman–Crippen MR) is 182 cm³/mol. The van der Waals surface area contributed by atoms with Gasteiger partial charge in [0.1, 0.15) is 35.6 Å². The lowest BCUT2D eigenvalue weighted by Crippen LogP contribution is -2.45. The van der Waals surface area contributed by atoms with E-state index in [9.17, 15) is 9.65 Å². The molecule has 2 aromatic rings. The lowest BCUT2D eigenvalue weighted by molar-refractivity contribution is 0.135. The van der Waals surface area contributed by atoms with Crippen LogP contribution in [-0.4, -0.2) is 30.5 Å². The van der Waals surface area contributed by atoms with Crippen molar-refractivity contribution in [1.82, 2.24) is 5.32 Å². The summed E-state index contributed by atoms with van der Waals surface area (Å²) < 4.78 is 26.5. The molecule has 0 aliphatic carbocycles. The summed E-state index contributed by atoms with van der Waals surface area (Å²) in [4.78, 5) is 0. The maximum absolute atomic E-state index is 14.0. The third kappa shape index (κ3) is 9.59. The van der Waals surface area contributed by atoms with Crippen LogP contribution in [0.1, 0.15) is 83.1 Å². The minimum Gasteiger partial charge on any atom is -0.489 e. The van der Waals surface area contributed by atoms with Crippen molar-refractivity contribution in [2.75, 3.05) is 12.3 Å². The quantitative estimate of drug-likeness (QED) is 0.115. The van der Waals surface area contributed by atoms with Crippen LogP contribution in [0.4, 0.5) is 10.1 Å². The molecule has 1 aliphatic heterocycles. The van der Waals surface area contributed by atoms with E-state index in [0.29, 0.717) is 45.8 Å². The highest BCUT2D eigenvalue weighted by Crippen LogP contribution is 2.34. The first-order valence-corrected chi connectivity index (χ1v) is 15.8. The van der Waals surface area contributed by atoms with Crippen molar-refractivity contribution in [2.24, 2.45) is 5.92 Å². The van der Waals surface area contributed by atoms with Gasteiger partial charge in [0.25, 0.3) is 0 Å². The molecule has 9 heteroatoms. The molecule has 3 atom stereocenters. The van der Waals surface area contributed by atoms with E-state index in [0.717, 1.165) is 31.4 Å². The fourth-order valence-electron chi connectivity index (χ4n) is 4.93. The minimum absolute atomic E-state index is 0.0246. The van der Waals surface area contributed by atoms with Crippen LogP contribution in [0.3, 0.4) is 0 Å². The number of ether oxygens (including phenoxy) is 2. The van der Waals surface area contributed by atoms with Crippen LogP contribution in [0.25, 0.3) is 0 Å². The van der Waals surface area contributed by atoms with E-state index in [2.05, 4.69) is 31.8 Å². The van der Waals surface area contributed by atoms with Gasteiger partial charge in [-0.25, -0.2) is 4.39 Å². The fraction of sp³-hybridized carbons (Fsp3) is 0.429. The first-order chi connectivity index (χ1) is 20.9. The molecule has 1 aliphatic rings. The molecule has 0 aromatic heterocycles. The van der Waals surface area contributed by atoms with E-state index in [1.165, 1.54) is 13.0 Å². The van der Waals surface area contributed by atoms with Gasteiger partial charge in [-0.3, -0.25) is 5.41 Å². The monoisotopic (exact) mass is 642 g/mol. The molecule has 2 unspecified atom stereocenters. The Kier molecular flexibility index (Phi) is 14.5. The zero-order valence-electron chi connectivity index (χ0n) is 26.8. The Morgan fingerprint density at radius 2 is 1.89 bits per heavy atom. The van der Waals surface area contributed by atoms with Crippen LogP contribution in [0.15, 0.2) is 64.5 Å². The molecule has 6 nitrogen and oxygen atoms in total. The van der Waals surface area contributed by atoms with Gasteiger partial charge in [0.2, 0.25) is 0 Å². The third-order valence-electron chi connectivity index (χ3n) is 7.16. The highest BCUT2D eigenvalue weighted by molar-refractivity contribution is 6.36. The summed E-state index contributed by atoms with van der Waals surface area (Å²) in [6.45, 7) is 17.8. The Labute approximate surface area is 272 Å². The second-order valence-corrected chi connectivity index (χ2v) is 11.8. The number of aryl methyl sites for hydroxylation is 1. The van der Waals surface area contributed by atoms with Crippen LogP contribution in [0.5, 0.6) is 11.5 Å².